The van der Waals surface area contributed by atoms with Crippen molar-refractivity contribution >= 4 is 43.2 Å². The zero-order valence-electron chi connectivity index (χ0n) is 18.4. The van der Waals surface area contributed by atoms with Crippen molar-refractivity contribution in [3.8, 4) is 0 Å². The van der Waals surface area contributed by atoms with Gasteiger partial charge < -0.3 is 10.0 Å². The molecule has 1 aliphatic heterocycles. The summed E-state index contributed by atoms with van der Waals surface area (Å²) in [6, 6.07) is 10.7. The third kappa shape index (κ3) is 5.49. The predicted molar refractivity (Wildman–Crippen MR) is 127 cm³/mol. The Hall–Kier alpha value is -2.96. The first kappa shape index (κ1) is 25.1. The smallest absolute Gasteiger partial charge is 0.389 e. The standard InChI is InChI=1S/C23H22F3N3O4S2/c1-15(23(24,25)26)13-22(31)9-11-29(12-10-22)21(30)16-5-7-17(8-6-16)28-35(32,33)19-4-2-3-18-20(19)27-14-34-18/h2-8,14,28,31H,1,9-13H2. The molecule has 2 heterocycles. The summed E-state index contributed by atoms with van der Waals surface area (Å²) in [5.74, 6) is -0.358. The van der Waals surface area contributed by atoms with Gasteiger partial charge in [-0.2, -0.15) is 13.2 Å². The largest absolute Gasteiger partial charge is 0.412 e. The third-order valence-corrected chi connectivity index (χ3v) is 8.13. The molecule has 3 aromatic rings. The van der Waals surface area contributed by atoms with Crippen LogP contribution in [0.5, 0.6) is 0 Å². The van der Waals surface area contributed by atoms with E-state index in [1.165, 1.54) is 46.6 Å². The Kier molecular flexibility index (Phi) is 6.64. The van der Waals surface area contributed by atoms with Crippen molar-refractivity contribution < 1.29 is 31.5 Å². The van der Waals surface area contributed by atoms with Gasteiger partial charge in [-0.15, -0.1) is 11.3 Å². The second-order valence-electron chi connectivity index (χ2n) is 8.43. The highest BCUT2D eigenvalue weighted by Gasteiger charge is 2.41. The van der Waals surface area contributed by atoms with E-state index in [0.29, 0.717) is 11.1 Å². The lowest BCUT2D eigenvalue weighted by molar-refractivity contribution is -0.106. The van der Waals surface area contributed by atoms with Gasteiger partial charge in [-0.25, -0.2) is 13.4 Å². The molecule has 35 heavy (non-hydrogen) atoms. The molecule has 1 amide bonds. The number of rotatable bonds is 6. The molecule has 0 radical (unpaired) electrons. The summed E-state index contributed by atoms with van der Waals surface area (Å²) in [5, 5.41) is 10.5. The highest BCUT2D eigenvalue weighted by atomic mass is 32.2. The summed E-state index contributed by atoms with van der Waals surface area (Å²) in [6.07, 6.45) is -5.18. The summed E-state index contributed by atoms with van der Waals surface area (Å²) in [4.78, 5) is 18.5. The Labute approximate surface area is 204 Å². The molecule has 186 valence electrons. The number of halogens is 3. The first-order valence-electron chi connectivity index (χ1n) is 10.6. The van der Waals surface area contributed by atoms with Crippen molar-refractivity contribution in [2.45, 2.75) is 35.9 Å². The Morgan fingerprint density at radius 3 is 2.46 bits per heavy atom. The highest BCUT2D eigenvalue weighted by molar-refractivity contribution is 7.93. The number of hydrogen-bond donors (Lipinski definition) is 2. The van der Waals surface area contributed by atoms with E-state index in [2.05, 4.69) is 16.3 Å². The van der Waals surface area contributed by atoms with Gasteiger partial charge >= 0.3 is 6.18 Å². The highest BCUT2D eigenvalue weighted by Crippen LogP contribution is 2.35. The van der Waals surface area contributed by atoms with Gasteiger partial charge in [0.2, 0.25) is 0 Å². The van der Waals surface area contributed by atoms with E-state index in [0.717, 1.165) is 4.70 Å². The van der Waals surface area contributed by atoms with E-state index in [-0.39, 0.29) is 42.4 Å². The number of para-hydroxylation sites is 1. The number of nitrogens with one attached hydrogen (secondary N) is 1. The van der Waals surface area contributed by atoms with Crippen LogP contribution in [-0.4, -0.2) is 54.2 Å². The number of anilines is 1. The van der Waals surface area contributed by atoms with Gasteiger partial charge in [0, 0.05) is 36.3 Å². The average molecular weight is 526 g/mol. The minimum atomic E-state index is -4.57. The van der Waals surface area contributed by atoms with Crippen LogP contribution < -0.4 is 4.72 Å². The van der Waals surface area contributed by atoms with Crippen LogP contribution >= 0.6 is 11.3 Å². The molecule has 1 aromatic heterocycles. The zero-order chi connectivity index (χ0) is 25.4. The van der Waals surface area contributed by atoms with Crippen LogP contribution in [0.3, 0.4) is 0 Å². The number of carbonyl (C=O) groups is 1. The first-order valence-corrected chi connectivity index (χ1v) is 13.0. The van der Waals surface area contributed by atoms with Gasteiger partial charge in [0.1, 0.15) is 10.4 Å². The normalized spacial score (nSPS) is 16.3. The number of hydrogen-bond acceptors (Lipinski definition) is 6. The molecule has 1 saturated heterocycles. The van der Waals surface area contributed by atoms with Crippen LogP contribution in [0.2, 0.25) is 0 Å². The lowest BCUT2D eigenvalue weighted by atomic mass is 9.85. The van der Waals surface area contributed by atoms with Crippen LogP contribution in [0.1, 0.15) is 29.6 Å². The van der Waals surface area contributed by atoms with Crippen molar-refractivity contribution in [2.75, 3.05) is 17.8 Å². The fourth-order valence-electron chi connectivity index (χ4n) is 3.95. The Bertz CT molecular complexity index is 1360. The number of benzene rings is 2. The molecule has 4 rings (SSSR count). The number of fused-ring (bicyclic) bond motifs is 1. The van der Waals surface area contributed by atoms with Crippen LogP contribution in [0.4, 0.5) is 18.9 Å². The molecular weight excluding hydrogens is 503 g/mol. The summed E-state index contributed by atoms with van der Waals surface area (Å²) in [5.41, 5.74) is -0.0687. The van der Waals surface area contributed by atoms with Gasteiger partial charge in [0.05, 0.1) is 15.8 Å². The Morgan fingerprint density at radius 1 is 1.17 bits per heavy atom. The molecule has 0 atom stereocenters. The van der Waals surface area contributed by atoms with E-state index < -0.39 is 33.8 Å². The second-order valence-corrected chi connectivity index (χ2v) is 11.0. The summed E-state index contributed by atoms with van der Waals surface area (Å²) >= 11 is 1.33. The molecule has 0 aliphatic carbocycles. The lowest BCUT2D eigenvalue weighted by Crippen LogP contribution is -2.47. The number of carbonyl (C=O) groups excluding carboxylic acids is 1. The van der Waals surface area contributed by atoms with Crippen molar-refractivity contribution in [1.82, 2.24) is 9.88 Å². The van der Waals surface area contributed by atoms with E-state index in [9.17, 15) is 31.5 Å². The lowest BCUT2D eigenvalue weighted by Gasteiger charge is -2.38. The van der Waals surface area contributed by atoms with E-state index >= 15 is 0 Å². The fraction of sp³-hybridized carbons (Fsp3) is 0.304. The Balaban J connectivity index is 1.40. The summed E-state index contributed by atoms with van der Waals surface area (Å²) in [6.45, 7) is 3.19. The van der Waals surface area contributed by atoms with Crippen molar-refractivity contribution in [2.24, 2.45) is 0 Å². The molecule has 0 saturated carbocycles. The molecule has 2 aromatic carbocycles. The van der Waals surface area contributed by atoms with Gasteiger partial charge in [0.25, 0.3) is 15.9 Å². The minimum absolute atomic E-state index is 0.00606. The molecule has 1 fully saturated rings. The molecule has 0 spiro atoms. The molecule has 0 bridgehead atoms. The van der Waals surface area contributed by atoms with Crippen LogP contribution in [0.15, 0.2) is 65.0 Å². The van der Waals surface area contributed by atoms with Gasteiger partial charge in [-0.1, -0.05) is 12.6 Å². The fourth-order valence-corrected chi connectivity index (χ4v) is 5.95. The van der Waals surface area contributed by atoms with Crippen LogP contribution in [-0.2, 0) is 10.0 Å². The number of sulfonamides is 1. The predicted octanol–water partition coefficient (Wildman–Crippen LogP) is 4.57. The van der Waals surface area contributed by atoms with Crippen molar-refractivity contribution in [3.63, 3.8) is 0 Å². The maximum atomic E-state index is 12.9. The number of aromatic nitrogens is 1. The maximum absolute atomic E-state index is 12.9. The number of aliphatic hydroxyl groups is 1. The molecular formula is C23H22F3N3O4S2. The molecule has 12 heteroatoms. The van der Waals surface area contributed by atoms with Gasteiger partial charge in [0.15, 0.2) is 0 Å². The second kappa shape index (κ2) is 9.25. The summed E-state index contributed by atoms with van der Waals surface area (Å²) in [7, 11) is -3.91. The third-order valence-electron chi connectivity index (χ3n) is 5.92. The molecule has 2 N–H and O–H groups in total. The number of amides is 1. The quantitative estimate of drug-likeness (QED) is 0.460. The monoisotopic (exact) mass is 525 g/mol. The number of piperidine rings is 1. The van der Waals surface area contributed by atoms with E-state index in [1.807, 2.05) is 0 Å². The topological polar surface area (TPSA) is 99.6 Å². The zero-order valence-corrected chi connectivity index (χ0v) is 20.0. The number of likely N-dealkylation sites (tertiary alicyclic amines) is 1. The molecule has 1 aliphatic rings. The number of nitrogens with zero attached hydrogens (tertiary/aromatic N) is 2. The SMILES string of the molecule is C=C(CC1(O)CCN(C(=O)c2ccc(NS(=O)(=O)c3cccc4scnc34)cc2)CC1)C(F)(F)F. The summed E-state index contributed by atoms with van der Waals surface area (Å²) < 4.78 is 67.2. The average Bonchev–Trinajstić information content (AvgIpc) is 3.27. The Morgan fingerprint density at radius 2 is 1.83 bits per heavy atom. The van der Waals surface area contributed by atoms with E-state index in [4.69, 9.17) is 0 Å². The first-order chi connectivity index (χ1) is 16.4. The minimum Gasteiger partial charge on any atom is -0.389 e. The van der Waals surface area contributed by atoms with Crippen LogP contribution in [0.25, 0.3) is 10.2 Å². The van der Waals surface area contributed by atoms with E-state index in [1.54, 1.807) is 17.6 Å². The van der Waals surface area contributed by atoms with Crippen molar-refractivity contribution in [3.05, 3.63) is 65.7 Å². The number of alkyl halides is 3. The molecule has 7 nitrogen and oxygen atoms in total. The van der Waals surface area contributed by atoms with Crippen LogP contribution in [0, 0.1) is 0 Å². The number of thiazole rings is 1. The van der Waals surface area contributed by atoms with Crippen molar-refractivity contribution in [1.29, 1.82) is 0 Å². The maximum Gasteiger partial charge on any atom is 0.412 e. The molecule has 0 unspecified atom stereocenters. The van der Waals surface area contributed by atoms with Gasteiger partial charge in [-0.3, -0.25) is 9.52 Å². The van der Waals surface area contributed by atoms with Gasteiger partial charge in [-0.05, 0) is 49.2 Å².